The Kier molecular flexibility index (Phi) is 4.34. The number of H-pyrrole nitrogens is 1. The van der Waals surface area contributed by atoms with Gasteiger partial charge in [-0.1, -0.05) is 11.6 Å². The number of aromatic amines is 1. The Labute approximate surface area is 119 Å². The molecule has 1 atom stereocenters. The number of halogens is 3. The van der Waals surface area contributed by atoms with E-state index in [1.165, 1.54) is 6.08 Å². The number of aromatic nitrogens is 2. The Balaban J connectivity index is 2.16. The van der Waals surface area contributed by atoms with Gasteiger partial charge in [-0.3, -0.25) is 5.41 Å². The van der Waals surface area contributed by atoms with Crippen LogP contribution in [0, 0.1) is 5.41 Å². The summed E-state index contributed by atoms with van der Waals surface area (Å²) in [5.41, 5.74) is 1.48. The van der Waals surface area contributed by atoms with Crippen molar-refractivity contribution in [1.82, 2.24) is 15.3 Å². The van der Waals surface area contributed by atoms with Crippen LogP contribution in [0.5, 0.6) is 0 Å². The van der Waals surface area contributed by atoms with E-state index in [9.17, 15) is 8.78 Å². The van der Waals surface area contributed by atoms with Gasteiger partial charge in [0, 0.05) is 11.3 Å². The summed E-state index contributed by atoms with van der Waals surface area (Å²) < 4.78 is 24.3. The van der Waals surface area contributed by atoms with Crippen molar-refractivity contribution >= 4 is 29.0 Å². The van der Waals surface area contributed by atoms with Gasteiger partial charge < -0.3 is 10.3 Å². The molecule has 0 radical (unpaired) electrons. The fourth-order valence-corrected chi connectivity index (χ4v) is 2.02. The number of dihydropyridines is 1. The summed E-state index contributed by atoms with van der Waals surface area (Å²) in [7, 11) is 0. The van der Waals surface area contributed by atoms with Crippen LogP contribution in [0.15, 0.2) is 30.1 Å². The Morgan fingerprint density at radius 2 is 2.30 bits per heavy atom. The quantitative estimate of drug-likeness (QED) is 0.454. The van der Waals surface area contributed by atoms with Crippen LogP contribution in [0.25, 0.3) is 11.6 Å². The van der Waals surface area contributed by atoms with Crippen molar-refractivity contribution in [1.29, 1.82) is 5.41 Å². The van der Waals surface area contributed by atoms with Gasteiger partial charge in [0.25, 0.3) is 6.43 Å². The van der Waals surface area contributed by atoms with Gasteiger partial charge in [-0.05, 0) is 31.2 Å². The molecule has 4 nitrogen and oxygen atoms in total. The molecule has 3 N–H and O–H groups in total. The first-order valence-electron chi connectivity index (χ1n) is 5.86. The molecule has 0 spiro atoms. The standard InChI is InChI=1S/C13H13ClF2N4/c1-7-4-8(5-11(14)19-7)10-6-18-12(20-10)3-2-9(17)13(15)16/h2-6,11,13,17,19H,1H3,(H,18,20)/b3-2-,17-9?. The Morgan fingerprint density at radius 1 is 1.55 bits per heavy atom. The van der Waals surface area contributed by atoms with E-state index < -0.39 is 12.1 Å². The lowest BCUT2D eigenvalue weighted by Gasteiger charge is -2.16. The van der Waals surface area contributed by atoms with E-state index in [4.69, 9.17) is 17.0 Å². The fraction of sp³-hybridized carbons (Fsp3) is 0.231. The number of alkyl halides is 3. The highest BCUT2D eigenvalue weighted by molar-refractivity contribution is 6.22. The van der Waals surface area contributed by atoms with Crippen LogP contribution < -0.4 is 5.32 Å². The predicted octanol–water partition coefficient (Wildman–Crippen LogP) is 3.16. The van der Waals surface area contributed by atoms with Crippen molar-refractivity contribution in [2.45, 2.75) is 18.9 Å². The Bertz CT molecular complexity index is 601. The number of hydrogen-bond donors (Lipinski definition) is 3. The smallest absolute Gasteiger partial charge is 0.279 e. The summed E-state index contributed by atoms with van der Waals surface area (Å²) in [6.07, 6.45) is 4.90. The molecule has 1 aromatic heterocycles. The van der Waals surface area contributed by atoms with Crippen LogP contribution in [-0.4, -0.2) is 27.6 Å². The third-order valence-electron chi connectivity index (χ3n) is 2.63. The summed E-state index contributed by atoms with van der Waals surface area (Å²) in [4.78, 5) is 7.03. The maximum Gasteiger partial charge on any atom is 0.279 e. The van der Waals surface area contributed by atoms with E-state index in [0.29, 0.717) is 5.82 Å². The lowest BCUT2D eigenvalue weighted by atomic mass is 10.1. The van der Waals surface area contributed by atoms with Crippen molar-refractivity contribution in [3.63, 3.8) is 0 Å². The Morgan fingerprint density at radius 3 is 2.95 bits per heavy atom. The van der Waals surface area contributed by atoms with Crippen molar-refractivity contribution < 1.29 is 8.78 Å². The van der Waals surface area contributed by atoms with E-state index in [0.717, 1.165) is 23.0 Å². The molecule has 0 amide bonds. The second-order valence-corrected chi connectivity index (χ2v) is 4.74. The van der Waals surface area contributed by atoms with E-state index in [1.54, 1.807) is 6.20 Å². The van der Waals surface area contributed by atoms with Gasteiger partial charge in [0.2, 0.25) is 0 Å². The highest BCUT2D eigenvalue weighted by Crippen LogP contribution is 2.21. The highest BCUT2D eigenvalue weighted by Gasteiger charge is 2.12. The molecule has 106 valence electrons. The van der Waals surface area contributed by atoms with Crippen LogP contribution in [0.4, 0.5) is 8.78 Å². The molecule has 2 heterocycles. The third-order valence-corrected chi connectivity index (χ3v) is 2.86. The largest absolute Gasteiger partial charge is 0.370 e. The average Bonchev–Trinajstić information content (AvgIpc) is 2.83. The molecule has 0 fully saturated rings. The molecule has 1 aliphatic rings. The SMILES string of the molecule is CC1=CC(c2cnc(/C=C\C(=N)C(F)F)[nH]2)=CC(Cl)N1. The van der Waals surface area contributed by atoms with Crippen LogP contribution in [0.1, 0.15) is 18.4 Å². The zero-order valence-corrected chi connectivity index (χ0v) is 11.4. The fourth-order valence-electron chi connectivity index (χ4n) is 1.72. The van der Waals surface area contributed by atoms with Gasteiger partial charge in [0.15, 0.2) is 0 Å². The molecule has 1 aliphatic heterocycles. The third kappa shape index (κ3) is 3.54. The number of nitrogens with one attached hydrogen (secondary N) is 3. The van der Waals surface area contributed by atoms with Gasteiger partial charge in [-0.25, -0.2) is 13.8 Å². The number of imidazole rings is 1. The van der Waals surface area contributed by atoms with Gasteiger partial charge in [0.1, 0.15) is 11.3 Å². The lowest BCUT2D eigenvalue weighted by molar-refractivity contribution is 0.226. The number of rotatable bonds is 4. The Hall–Kier alpha value is -1.95. The molecule has 1 unspecified atom stereocenters. The van der Waals surface area contributed by atoms with Crippen LogP contribution in [-0.2, 0) is 0 Å². The van der Waals surface area contributed by atoms with E-state index in [2.05, 4.69) is 15.3 Å². The van der Waals surface area contributed by atoms with Gasteiger partial charge >= 0.3 is 0 Å². The van der Waals surface area contributed by atoms with Gasteiger partial charge in [-0.2, -0.15) is 0 Å². The normalized spacial score (nSPS) is 18.9. The van der Waals surface area contributed by atoms with Crippen LogP contribution in [0.3, 0.4) is 0 Å². The maximum atomic E-state index is 12.2. The van der Waals surface area contributed by atoms with Crippen molar-refractivity contribution in [3.8, 4) is 0 Å². The van der Waals surface area contributed by atoms with Crippen molar-refractivity contribution in [3.05, 3.63) is 41.6 Å². The average molecular weight is 299 g/mol. The molecule has 0 aliphatic carbocycles. The monoisotopic (exact) mass is 298 g/mol. The molecular weight excluding hydrogens is 286 g/mol. The molecule has 0 saturated carbocycles. The number of allylic oxidation sites excluding steroid dienone is 4. The predicted molar refractivity (Wildman–Crippen MR) is 75.9 cm³/mol. The van der Waals surface area contributed by atoms with E-state index >= 15 is 0 Å². The first-order valence-corrected chi connectivity index (χ1v) is 6.30. The van der Waals surface area contributed by atoms with Crippen molar-refractivity contribution in [2.24, 2.45) is 0 Å². The number of hydrogen-bond acceptors (Lipinski definition) is 3. The second-order valence-electron chi connectivity index (χ2n) is 4.27. The molecule has 0 bridgehead atoms. The first kappa shape index (κ1) is 14.5. The molecule has 0 saturated heterocycles. The van der Waals surface area contributed by atoms with E-state index in [1.807, 2.05) is 19.1 Å². The summed E-state index contributed by atoms with van der Waals surface area (Å²) in [5.74, 6) is 0.405. The van der Waals surface area contributed by atoms with Gasteiger partial charge in [0.05, 0.1) is 17.6 Å². The highest BCUT2D eigenvalue weighted by atomic mass is 35.5. The van der Waals surface area contributed by atoms with Crippen molar-refractivity contribution in [2.75, 3.05) is 0 Å². The van der Waals surface area contributed by atoms with Crippen LogP contribution >= 0.6 is 11.6 Å². The zero-order chi connectivity index (χ0) is 14.7. The first-order chi connectivity index (χ1) is 9.45. The van der Waals surface area contributed by atoms with Gasteiger partial charge in [-0.15, -0.1) is 0 Å². The summed E-state index contributed by atoms with van der Waals surface area (Å²) in [6, 6.07) is 0. The molecular formula is C13H13ClF2N4. The maximum absolute atomic E-state index is 12.2. The van der Waals surface area contributed by atoms with E-state index in [-0.39, 0.29) is 5.50 Å². The lowest BCUT2D eigenvalue weighted by Crippen LogP contribution is -2.22. The minimum Gasteiger partial charge on any atom is -0.370 e. The molecule has 0 aromatic carbocycles. The minimum absolute atomic E-state index is 0.302. The molecule has 7 heteroatoms. The second kappa shape index (κ2) is 6.00. The molecule has 1 aromatic rings. The summed E-state index contributed by atoms with van der Waals surface area (Å²) in [6.45, 7) is 1.89. The molecule has 20 heavy (non-hydrogen) atoms. The molecule has 2 rings (SSSR count). The zero-order valence-electron chi connectivity index (χ0n) is 10.6. The number of nitrogens with zero attached hydrogens (tertiary/aromatic N) is 1. The topological polar surface area (TPSA) is 64.6 Å². The summed E-state index contributed by atoms with van der Waals surface area (Å²) in [5, 5.41) is 10.1. The minimum atomic E-state index is -2.78. The summed E-state index contributed by atoms with van der Waals surface area (Å²) >= 11 is 6.01. The van der Waals surface area contributed by atoms with Crippen LogP contribution in [0.2, 0.25) is 0 Å².